The van der Waals surface area contributed by atoms with Crippen molar-refractivity contribution >= 4 is 0 Å². The maximum absolute atomic E-state index is 14.9. The van der Waals surface area contributed by atoms with E-state index in [2.05, 4.69) is 27.8 Å². The van der Waals surface area contributed by atoms with Crippen molar-refractivity contribution in [1.29, 1.82) is 0 Å². The SMILES string of the molecule is CC1CCCN1C1NCNC(NCC2CCCCCC2)C1F. The van der Waals surface area contributed by atoms with E-state index in [1.807, 2.05) is 0 Å². The summed E-state index contributed by atoms with van der Waals surface area (Å²) in [6.45, 7) is 4.89. The Morgan fingerprint density at radius 2 is 1.82 bits per heavy atom. The molecular formula is C17H33FN4. The molecule has 3 N–H and O–H groups in total. The van der Waals surface area contributed by atoms with Gasteiger partial charge >= 0.3 is 0 Å². The summed E-state index contributed by atoms with van der Waals surface area (Å²) < 4.78 is 14.9. The highest BCUT2D eigenvalue weighted by Gasteiger charge is 2.39. The van der Waals surface area contributed by atoms with Crippen LogP contribution in [0.3, 0.4) is 0 Å². The monoisotopic (exact) mass is 312 g/mol. The van der Waals surface area contributed by atoms with E-state index in [4.69, 9.17) is 0 Å². The summed E-state index contributed by atoms with van der Waals surface area (Å²) in [6.07, 6.45) is 9.22. The molecule has 0 bridgehead atoms. The van der Waals surface area contributed by atoms with Crippen LogP contribution in [0.2, 0.25) is 0 Å². The van der Waals surface area contributed by atoms with Gasteiger partial charge in [-0.1, -0.05) is 25.7 Å². The second-order valence-electron chi connectivity index (χ2n) is 7.45. The molecule has 5 heteroatoms. The molecule has 0 spiro atoms. The third-order valence-electron chi connectivity index (χ3n) is 5.82. The predicted octanol–water partition coefficient (Wildman–Crippen LogP) is 2.17. The summed E-state index contributed by atoms with van der Waals surface area (Å²) in [5, 5.41) is 10.1. The molecule has 0 aromatic carbocycles. The molecule has 3 aliphatic rings. The van der Waals surface area contributed by atoms with Gasteiger partial charge in [-0.25, -0.2) is 4.39 Å². The van der Waals surface area contributed by atoms with Crippen molar-refractivity contribution in [1.82, 2.24) is 20.9 Å². The molecule has 128 valence electrons. The van der Waals surface area contributed by atoms with Crippen LogP contribution in [-0.4, -0.2) is 49.2 Å². The van der Waals surface area contributed by atoms with E-state index in [1.165, 1.54) is 51.4 Å². The Hall–Kier alpha value is -0.230. The molecular weight excluding hydrogens is 279 g/mol. The second-order valence-corrected chi connectivity index (χ2v) is 7.45. The quantitative estimate of drug-likeness (QED) is 0.696. The number of nitrogens with one attached hydrogen (secondary N) is 3. The maximum Gasteiger partial charge on any atom is 0.157 e. The third-order valence-corrected chi connectivity index (χ3v) is 5.82. The predicted molar refractivity (Wildman–Crippen MR) is 88.2 cm³/mol. The van der Waals surface area contributed by atoms with E-state index in [0.717, 1.165) is 19.0 Å². The average Bonchev–Trinajstić information content (AvgIpc) is 2.78. The lowest BCUT2D eigenvalue weighted by atomic mass is 10.00. The van der Waals surface area contributed by atoms with E-state index >= 15 is 0 Å². The highest BCUT2D eigenvalue weighted by atomic mass is 19.1. The van der Waals surface area contributed by atoms with Crippen LogP contribution in [0.15, 0.2) is 0 Å². The van der Waals surface area contributed by atoms with E-state index in [-0.39, 0.29) is 12.3 Å². The Kier molecular flexibility index (Phi) is 6.08. The molecule has 3 fully saturated rings. The topological polar surface area (TPSA) is 39.3 Å². The molecule has 2 aliphatic heterocycles. The van der Waals surface area contributed by atoms with Gasteiger partial charge in [-0.2, -0.15) is 0 Å². The van der Waals surface area contributed by atoms with Crippen molar-refractivity contribution in [2.75, 3.05) is 19.8 Å². The number of halogens is 1. The Morgan fingerprint density at radius 1 is 1.05 bits per heavy atom. The standard InChI is InChI=1S/C17H33FN4/c1-13-7-6-10-22(13)17-15(18)16(20-12-21-17)19-11-14-8-4-2-3-5-9-14/h13-17,19-21H,2-12H2,1H3. The minimum absolute atomic E-state index is 0.134. The van der Waals surface area contributed by atoms with Gasteiger partial charge in [0.25, 0.3) is 0 Å². The Balaban J connectivity index is 1.50. The second kappa shape index (κ2) is 8.04. The number of rotatable bonds is 4. The van der Waals surface area contributed by atoms with Crippen molar-refractivity contribution in [3.63, 3.8) is 0 Å². The van der Waals surface area contributed by atoms with Crippen molar-refractivity contribution in [3.05, 3.63) is 0 Å². The summed E-state index contributed by atoms with van der Waals surface area (Å²) in [4.78, 5) is 2.31. The zero-order valence-electron chi connectivity index (χ0n) is 14.0. The lowest BCUT2D eigenvalue weighted by Crippen LogP contribution is -2.69. The van der Waals surface area contributed by atoms with Gasteiger partial charge in [-0.05, 0) is 45.1 Å². The Labute approximate surface area is 134 Å². The van der Waals surface area contributed by atoms with Gasteiger partial charge in [0.1, 0.15) is 0 Å². The molecule has 2 heterocycles. The van der Waals surface area contributed by atoms with Crippen molar-refractivity contribution in [2.45, 2.75) is 82.8 Å². The van der Waals surface area contributed by atoms with E-state index in [9.17, 15) is 4.39 Å². The molecule has 4 atom stereocenters. The van der Waals surface area contributed by atoms with Crippen LogP contribution < -0.4 is 16.0 Å². The van der Waals surface area contributed by atoms with E-state index < -0.39 is 6.17 Å². The summed E-state index contributed by atoms with van der Waals surface area (Å²) in [7, 11) is 0. The fraction of sp³-hybridized carbons (Fsp3) is 1.00. The van der Waals surface area contributed by atoms with Crippen LogP contribution in [0, 0.1) is 5.92 Å². The molecule has 4 unspecified atom stereocenters. The molecule has 1 aliphatic carbocycles. The fourth-order valence-electron chi connectivity index (χ4n) is 4.40. The maximum atomic E-state index is 14.9. The summed E-state index contributed by atoms with van der Waals surface area (Å²) in [6, 6.07) is 0.497. The zero-order valence-corrected chi connectivity index (χ0v) is 14.0. The minimum Gasteiger partial charge on any atom is -0.299 e. The van der Waals surface area contributed by atoms with Crippen LogP contribution in [0.4, 0.5) is 4.39 Å². The molecule has 2 saturated heterocycles. The van der Waals surface area contributed by atoms with Crippen LogP contribution in [0.25, 0.3) is 0 Å². The van der Waals surface area contributed by atoms with Crippen molar-refractivity contribution in [2.24, 2.45) is 5.92 Å². The van der Waals surface area contributed by atoms with Gasteiger partial charge in [-0.15, -0.1) is 0 Å². The van der Waals surface area contributed by atoms with Gasteiger partial charge in [0.05, 0.1) is 12.3 Å². The first-order valence-corrected chi connectivity index (χ1v) is 9.35. The Bertz CT molecular complexity index is 333. The van der Waals surface area contributed by atoms with Gasteiger partial charge in [0.15, 0.2) is 6.17 Å². The number of likely N-dealkylation sites (tertiary alicyclic amines) is 1. The molecule has 0 aromatic heterocycles. The van der Waals surface area contributed by atoms with Crippen LogP contribution in [-0.2, 0) is 0 Å². The summed E-state index contributed by atoms with van der Waals surface area (Å²) in [5.74, 6) is 0.732. The molecule has 1 saturated carbocycles. The van der Waals surface area contributed by atoms with Gasteiger partial charge < -0.3 is 0 Å². The molecule has 3 rings (SSSR count). The minimum atomic E-state index is -0.889. The summed E-state index contributed by atoms with van der Waals surface area (Å²) >= 11 is 0. The first kappa shape index (κ1) is 16.6. The highest BCUT2D eigenvalue weighted by molar-refractivity contribution is 4.93. The Morgan fingerprint density at radius 3 is 2.50 bits per heavy atom. The number of alkyl halides is 1. The van der Waals surface area contributed by atoms with Crippen LogP contribution in [0.5, 0.6) is 0 Å². The molecule has 0 radical (unpaired) electrons. The van der Waals surface area contributed by atoms with Crippen LogP contribution >= 0.6 is 0 Å². The number of hydrogen-bond acceptors (Lipinski definition) is 4. The summed E-state index contributed by atoms with van der Waals surface area (Å²) in [5.41, 5.74) is 0. The van der Waals surface area contributed by atoms with E-state index in [0.29, 0.717) is 12.7 Å². The van der Waals surface area contributed by atoms with E-state index in [1.54, 1.807) is 0 Å². The van der Waals surface area contributed by atoms with Gasteiger partial charge in [0.2, 0.25) is 0 Å². The first-order valence-electron chi connectivity index (χ1n) is 9.35. The molecule has 0 amide bonds. The fourth-order valence-corrected chi connectivity index (χ4v) is 4.40. The molecule has 4 nitrogen and oxygen atoms in total. The van der Waals surface area contributed by atoms with Crippen LogP contribution in [0.1, 0.15) is 58.3 Å². The molecule has 0 aromatic rings. The first-order chi connectivity index (χ1) is 10.8. The highest BCUT2D eigenvalue weighted by Crippen LogP contribution is 2.24. The smallest absolute Gasteiger partial charge is 0.157 e. The lowest BCUT2D eigenvalue weighted by molar-refractivity contribution is 0.0211. The largest absolute Gasteiger partial charge is 0.299 e. The number of hydrogen-bond donors (Lipinski definition) is 3. The normalized spacial score (nSPS) is 39.0. The number of nitrogens with zero attached hydrogens (tertiary/aromatic N) is 1. The van der Waals surface area contributed by atoms with Crippen molar-refractivity contribution < 1.29 is 4.39 Å². The zero-order chi connectivity index (χ0) is 15.4. The van der Waals surface area contributed by atoms with Crippen molar-refractivity contribution in [3.8, 4) is 0 Å². The van der Waals surface area contributed by atoms with Gasteiger partial charge in [0, 0.05) is 19.3 Å². The molecule has 22 heavy (non-hydrogen) atoms. The lowest BCUT2D eigenvalue weighted by Gasteiger charge is -2.42. The van der Waals surface area contributed by atoms with Gasteiger partial charge in [-0.3, -0.25) is 20.9 Å². The third kappa shape index (κ3) is 3.99. The average molecular weight is 312 g/mol.